The highest BCUT2D eigenvalue weighted by molar-refractivity contribution is 7.10. The molecule has 102 valence electrons. The molecule has 1 aliphatic rings. The fourth-order valence-corrected chi connectivity index (χ4v) is 3.72. The Morgan fingerprint density at radius 1 is 1.28 bits per heavy atom. The SMILES string of the molecule is Cc1ccsc1C(C)NCC(C)N1CCCCC1. The second-order valence-corrected chi connectivity index (χ2v) is 6.49. The number of piperidine rings is 1. The van der Waals surface area contributed by atoms with Crippen LogP contribution in [0, 0.1) is 6.92 Å². The van der Waals surface area contributed by atoms with Gasteiger partial charge in [0.25, 0.3) is 0 Å². The molecule has 2 nitrogen and oxygen atoms in total. The van der Waals surface area contributed by atoms with E-state index in [-0.39, 0.29) is 0 Å². The maximum absolute atomic E-state index is 3.69. The van der Waals surface area contributed by atoms with Crippen LogP contribution in [0.1, 0.15) is 49.6 Å². The van der Waals surface area contributed by atoms with Gasteiger partial charge in [0, 0.05) is 23.5 Å². The smallest absolute Gasteiger partial charge is 0.0389 e. The molecule has 1 N–H and O–H groups in total. The molecule has 2 rings (SSSR count). The fourth-order valence-electron chi connectivity index (χ4n) is 2.76. The van der Waals surface area contributed by atoms with Crippen molar-refractivity contribution in [3.63, 3.8) is 0 Å². The number of aryl methyl sites for hydroxylation is 1. The molecule has 0 aromatic carbocycles. The van der Waals surface area contributed by atoms with Crippen molar-refractivity contribution in [1.29, 1.82) is 0 Å². The summed E-state index contributed by atoms with van der Waals surface area (Å²) in [7, 11) is 0. The van der Waals surface area contributed by atoms with Crippen molar-refractivity contribution >= 4 is 11.3 Å². The molecule has 0 amide bonds. The first kappa shape index (κ1) is 14.0. The van der Waals surface area contributed by atoms with Crippen molar-refractivity contribution in [3.8, 4) is 0 Å². The van der Waals surface area contributed by atoms with E-state index in [4.69, 9.17) is 0 Å². The topological polar surface area (TPSA) is 15.3 Å². The molecule has 0 spiro atoms. The summed E-state index contributed by atoms with van der Waals surface area (Å²) < 4.78 is 0. The van der Waals surface area contributed by atoms with Crippen molar-refractivity contribution in [3.05, 3.63) is 21.9 Å². The van der Waals surface area contributed by atoms with Crippen LogP contribution in [0.25, 0.3) is 0 Å². The third-order valence-corrected chi connectivity index (χ3v) is 5.23. The fraction of sp³-hybridized carbons (Fsp3) is 0.733. The number of hydrogen-bond donors (Lipinski definition) is 1. The average Bonchev–Trinajstić information content (AvgIpc) is 2.83. The van der Waals surface area contributed by atoms with E-state index in [0.717, 1.165) is 6.54 Å². The summed E-state index contributed by atoms with van der Waals surface area (Å²) in [4.78, 5) is 4.12. The molecular formula is C15H26N2S. The molecule has 0 bridgehead atoms. The molecule has 18 heavy (non-hydrogen) atoms. The zero-order valence-electron chi connectivity index (χ0n) is 11.9. The molecule has 2 unspecified atom stereocenters. The quantitative estimate of drug-likeness (QED) is 0.876. The lowest BCUT2D eigenvalue weighted by molar-refractivity contribution is 0.168. The Balaban J connectivity index is 1.78. The number of hydrogen-bond acceptors (Lipinski definition) is 3. The molecule has 1 aliphatic heterocycles. The minimum absolute atomic E-state index is 0.484. The van der Waals surface area contributed by atoms with Gasteiger partial charge in [-0.15, -0.1) is 11.3 Å². The third-order valence-electron chi connectivity index (χ3n) is 4.03. The van der Waals surface area contributed by atoms with Gasteiger partial charge in [0.05, 0.1) is 0 Å². The van der Waals surface area contributed by atoms with Crippen molar-refractivity contribution in [1.82, 2.24) is 10.2 Å². The Morgan fingerprint density at radius 3 is 2.61 bits per heavy atom. The zero-order valence-corrected chi connectivity index (χ0v) is 12.7. The predicted molar refractivity (Wildman–Crippen MR) is 80.4 cm³/mol. The Kier molecular flexibility index (Phi) is 5.22. The van der Waals surface area contributed by atoms with Crippen LogP contribution >= 0.6 is 11.3 Å². The first-order valence-corrected chi connectivity index (χ1v) is 8.08. The zero-order chi connectivity index (χ0) is 13.0. The number of rotatable bonds is 5. The van der Waals surface area contributed by atoms with Crippen LogP contribution in [-0.4, -0.2) is 30.6 Å². The number of thiophene rings is 1. The Bertz CT molecular complexity index is 355. The molecule has 0 saturated carbocycles. The molecule has 2 atom stereocenters. The molecular weight excluding hydrogens is 240 g/mol. The lowest BCUT2D eigenvalue weighted by Crippen LogP contribution is -2.43. The van der Waals surface area contributed by atoms with Gasteiger partial charge in [0.15, 0.2) is 0 Å². The first-order chi connectivity index (χ1) is 8.68. The standard InChI is InChI=1S/C15H26N2S/c1-12-7-10-18-15(12)14(3)16-11-13(2)17-8-5-4-6-9-17/h7,10,13-14,16H,4-6,8-9,11H2,1-3H3. The van der Waals surface area contributed by atoms with E-state index < -0.39 is 0 Å². The van der Waals surface area contributed by atoms with Crippen molar-refractivity contribution < 1.29 is 0 Å². The van der Waals surface area contributed by atoms with E-state index in [1.807, 2.05) is 11.3 Å². The van der Waals surface area contributed by atoms with E-state index in [1.54, 1.807) is 0 Å². The van der Waals surface area contributed by atoms with E-state index >= 15 is 0 Å². The van der Waals surface area contributed by atoms with E-state index in [1.165, 1.54) is 42.8 Å². The Hall–Kier alpha value is -0.380. The van der Waals surface area contributed by atoms with Gasteiger partial charge in [-0.1, -0.05) is 6.42 Å². The average molecular weight is 266 g/mol. The van der Waals surface area contributed by atoms with Gasteiger partial charge in [-0.05, 0) is 63.7 Å². The van der Waals surface area contributed by atoms with Crippen LogP contribution in [0.15, 0.2) is 11.4 Å². The molecule has 0 radical (unpaired) electrons. The lowest BCUT2D eigenvalue weighted by atomic mass is 10.1. The van der Waals surface area contributed by atoms with Crippen LogP contribution < -0.4 is 5.32 Å². The molecule has 1 aromatic rings. The third kappa shape index (κ3) is 3.56. The van der Waals surface area contributed by atoms with Crippen molar-refractivity contribution in [2.45, 2.75) is 52.1 Å². The maximum Gasteiger partial charge on any atom is 0.0389 e. The van der Waals surface area contributed by atoms with Gasteiger partial charge in [-0.3, -0.25) is 4.90 Å². The lowest BCUT2D eigenvalue weighted by Gasteiger charge is -2.33. The van der Waals surface area contributed by atoms with Crippen LogP contribution in [0.2, 0.25) is 0 Å². The monoisotopic (exact) mass is 266 g/mol. The number of nitrogens with one attached hydrogen (secondary N) is 1. The minimum atomic E-state index is 0.484. The van der Waals surface area contributed by atoms with Crippen molar-refractivity contribution in [2.24, 2.45) is 0 Å². The van der Waals surface area contributed by atoms with Crippen LogP contribution in [0.3, 0.4) is 0 Å². The summed E-state index contributed by atoms with van der Waals surface area (Å²) in [5, 5.41) is 5.88. The van der Waals surface area contributed by atoms with E-state index in [9.17, 15) is 0 Å². The molecule has 1 saturated heterocycles. The normalized spacial score (nSPS) is 20.8. The van der Waals surface area contributed by atoms with Gasteiger partial charge in [0.2, 0.25) is 0 Å². The second-order valence-electron chi connectivity index (χ2n) is 5.54. The summed E-state index contributed by atoms with van der Waals surface area (Å²) >= 11 is 1.87. The van der Waals surface area contributed by atoms with Gasteiger partial charge in [0.1, 0.15) is 0 Å². The first-order valence-electron chi connectivity index (χ1n) is 7.20. The Labute approximate surface area is 115 Å². The van der Waals surface area contributed by atoms with Gasteiger partial charge >= 0.3 is 0 Å². The molecule has 3 heteroatoms. The summed E-state index contributed by atoms with van der Waals surface area (Å²) in [6.45, 7) is 10.5. The molecule has 1 fully saturated rings. The predicted octanol–water partition coefficient (Wildman–Crippen LogP) is 3.58. The summed E-state index contributed by atoms with van der Waals surface area (Å²) in [5.74, 6) is 0. The van der Waals surface area contributed by atoms with E-state index in [2.05, 4.69) is 42.4 Å². The van der Waals surface area contributed by atoms with Crippen LogP contribution in [0.4, 0.5) is 0 Å². The number of nitrogens with zero attached hydrogens (tertiary/aromatic N) is 1. The highest BCUT2D eigenvalue weighted by Crippen LogP contribution is 2.23. The molecule has 1 aromatic heterocycles. The van der Waals surface area contributed by atoms with Crippen molar-refractivity contribution in [2.75, 3.05) is 19.6 Å². The van der Waals surface area contributed by atoms with Crippen LogP contribution in [0.5, 0.6) is 0 Å². The van der Waals surface area contributed by atoms with E-state index in [0.29, 0.717) is 12.1 Å². The summed E-state index contributed by atoms with van der Waals surface area (Å²) in [6.07, 6.45) is 4.18. The number of likely N-dealkylation sites (tertiary alicyclic amines) is 1. The summed E-state index contributed by atoms with van der Waals surface area (Å²) in [6, 6.07) is 3.36. The minimum Gasteiger partial charge on any atom is -0.308 e. The van der Waals surface area contributed by atoms with Gasteiger partial charge in [-0.2, -0.15) is 0 Å². The van der Waals surface area contributed by atoms with Gasteiger partial charge in [-0.25, -0.2) is 0 Å². The molecule has 2 heterocycles. The highest BCUT2D eigenvalue weighted by Gasteiger charge is 2.17. The Morgan fingerprint density at radius 2 is 2.00 bits per heavy atom. The largest absolute Gasteiger partial charge is 0.308 e. The highest BCUT2D eigenvalue weighted by atomic mass is 32.1. The maximum atomic E-state index is 3.69. The summed E-state index contributed by atoms with van der Waals surface area (Å²) in [5.41, 5.74) is 1.42. The molecule has 0 aliphatic carbocycles. The van der Waals surface area contributed by atoms with Crippen LogP contribution in [-0.2, 0) is 0 Å². The second kappa shape index (κ2) is 6.69. The van der Waals surface area contributed by atoms with Gasteiger partial charge < -0.3 is 5.32 Å².